The molecular weight excluding hydrogens is 358 g/mol. The number of fused-ring (bicyclic) bond motifs is 2. The Balaban J connectivity index is 1.59. The lowest BCUT2D eigenvalue weighted by Crippen LogP contribution is -2.51. The Morgan fingerprint density at radius 2 is 2.19 bits per heavy atom. The Morgan fingerprint density at radius 1 is 1.42 bits per heavy atom. The predicted molar refractivity (Wildman–Crippen MR) is 97.8 cm³/mol. The smallest absolute Gasteiger partial charge is 0.249 e. The number of hydrogen-bond acceptors (Lipinski definition) is 6. The predicted octanol–water partition coefficient (Wildman–Crippen LogP) is 2.39. The number of nitrogens with zero attached hydrogens (tertiary/aromatic N) is 1. The lowest BCUT2D eigenvalue weighted by atomic mass is 9.79. The Bertz CT molecular complexity index is 712. The maximum Gasteiger partial charge on any atom is 0.249 e. The first-order valence-corrected chi connectivity index (χ1v) is 9.93. The molecule has 2 atom stereocenters. The van der Waals surface area contributed by atoms with Crippen molar-refractivity contribution in [1.29, 1.82) is 0 Å². The third kappa shape index (κ3) is 3.24. The number of hydrazine groups is 1. The molecule has 8 heteroatoms. The van der Waals surface area contributed by atoms with Crippen molar-refractivity contribution in [2.75, 3.05) is 20.2 Å². The largest absolute Gasteiger partial charge is 0.400 e. The van der Waals surface area contributed by atoms with Gasteiger partial charge in [0, 0.05) is 53.9 Å². The fourth-order valence-electron chi connectivity index (χ4n) is 4.36. The molecule has 3 heterocycles. The highest BCUT2D eigenvalue weighted by Gasteiger charge is 2.49. The van der Waals surface area contributed by atoms with Gasteiger partial charge in [-0.3, -0.25) is 0 Å². The molecule has 5 N–H and O–H groups in total. The van der Waals surface area contributed by atoms with Crippen LogP contribution in [0.15, 0.2) is 18.0 Å². The van der Waals surface area contributed by atoms with Gasteiger partial charge in [0.15, 0.2) is 0 Å². The van der Waals surface area contributed by atoms with Crippen LogP contribution in [-0.4, -0.2) is 37.2 Å². The monoisotopic (exact) mass is 384 g/mol. The molecule has 1 spiro atoms. The van der Waals surface area contributed by atoms with E-state index in [0.29, 0.717) is 12.3 Å². The van der Waals surface area contributed by atoms with E-state index < -0.39 is 5.92 Å². The number of piperidine rings is 1. The molecule has 144 valence electrons. The summed E-state index contributed by atoms with van der Waals surface area (Å²) in [6.07, 6.45) is 4.12. The summed E-state index contributed by atoms with van der Waals surface area (Å²) in [5.41, 5.74) is 7.79. The second kappa shape index (κ2) is 6.44. The number of nitrogens with one attached hydrogen (secondary N) is 1. The molecule has 1 aromatic rings. The molecule has 1 saturated heterocycles. The van der Waals surface area contributed by atoms with Crippen molar-refractivity contribution in [3.05, 3.63) is 33.3 Å². The Kier molecular flexibility index (Phi) is 4.50. The number of hydrogen-bond donors (Lipinski definition) is 3. The second-order valence-electron chi connectivity index (χ2n) is 7.81. The van der Waals surface area contributed by atoms with Crippen LogP contribution in [-0.2, 0) is 16.8 Å². The first-order valence-electron chi connectivity index (χ1n) is 9.11. The van der Waals surface area contributed by atoms with Crippen LogP contribution in [0.4, 0.5) is 8.78 Å². The summed E-state index contributed by atoms with van der Waals surface area (Å²) in [5, 5.41) is 4.89. The zero-order chi connectivity index (χ0) is 18.5. The molecular formula is C18H26F2N4OS. The fourth-order valence-corrected chi connectivity index (χ4v) is 5.85. The van der Waals surface area contributed by atoms with E-state index in [9.17, 15) is 8.78 Å². The highest BCUT2D eigenvalue weighted by Crippen LogP contribution is 2.53. The van der Waals surface area contributed by atoms with Gasteiger partial charge < -0.3 is 20.8 Å². The SMILES string of the molecule is CN(N)/C=C(\N)C1CC2(CCN1)OCCc1cc(C3CC(F)(F)C3)sc12. The number of nitrogens with two attached hydrogens (primary N) is 2. The molecule has 1 aromatic heterocycles. The zero-order valence-electron chi connectivity index (χ0n) is 14.9. The van der Waals surface area contributed by atoms with E-state index in [1.54, 1.807) is 24.6 Å². The average molecular weight is 384 g/mol. The molecule has 1 saturated carbocycles. The van der Waals surface area contributed by atoms with Crippen LogP contribution in [0.5, 0.6) is 0 Å². The molecule has 5 nitrogen and oxygen atoms in total. The van der Waals surface area contributed by atoms with Crippen LogP contribution in [0.2, 0.25) is 0 Å². The van der Waals surface area contributed by atoms with Gasteiger partial charge >= 0.3 is 0 Å². The lowest BCUT2D eigenvalue weighted by molar-refractivity contribution is -0.0860. The minimum atomic E-state index is -2.49. The molecule has 4 rings (SSSR count). The zero-order valence-corrected chi connectivity index (χ0v) is 15.7. The van der Waals surface area contributed by atoms with Crippen molar-refractivity contribution in [2.45, 2.75) is 55.6 Å². The molecule has 0 amide bonds. The van der Waals surface area contributed by atoms with E-state index in [4.69, 9.17) is 16.3 Å². The number of ether oxygens (including phenoxy) is 1. The van der Waals surface area contributed by atoms with Crippen molar-refractivity contribution in [3.8, 4) is 0 Å². The van der Waals surface area contributed by atoms with Crippen LogP contribution in [0.1, 0.15) is 46.9 Å². The van der Waals surface area contributed by atoms with E-state index in [2.05, 4.69) is 11.4 Å². The molecule has 2 fully saturated rings. The quantitative estimate of drug-likeness (QED) is 0.551. The van der Waals surface area contributed by atoms with Crippen molar-refractivity contribution < 1.29 is 13.5 Å². The molecule has 0 aromatic carbocycles. The second-order valence-corrected chi connectivity index (χ2v) is 8.90. The third-order valence-electron chi connectivity index (χ3n) is 5.69. The molecule has 3 aliphatic rings. The summed E-state index contributed by atoms with van der Waals surface area (Å²) in [7, 11) is 1.74. The van der Waals surface area contributed by atoms with Gasteiger partial charge in [-0.2, -0.15) is 0 Å². The maximum atomic E-state index is 13.3. The standard InChI is InChI=1S/C18H26F2N4OS/c1-24(22)10-13(21)14-9-17(3-4-23-14)16-11(2-5-25-17)6-15(26-16)12-7-18(19,20)8-12/h6,10,12,14,23H,2-5,7-9,21-22H2,1H3/b13-10-. The fraction of sp³-hybridized carbons (Fsp3) is 0.667. The summed E-state index contributed by atoms with van der Waals surface area (Å²) in [6, 6.07) is 2.13. The third-order valence-corrected chi connectivity index (χ3v) is 7.22. The molecule has 26 heavy (non-hydrogen) atoms. The van der Waals surface area contributed by atoms with E-state index in [0.717, 1.165) is 30.7 Å². The maximum absolute atomic E-state index is 13.3. The Morgan fingerprint density at radius 3 is 2.88 bits per heavy atom. The molecule has 1 aliphatic carbocycles. The first-order chi connectivity index (χ1) is 12.3. The Hall–Kier alpha value is -1.22. The van der Waals surface area contributed by atoms with Gasteiger partial charge in [-0.05, 0) is 31.0 Å². The van der Waals surface area contributed by atoms with Crippen molar-refractivity contribution in [1.82, 2.24) is 10.3 Å². The van der Waals surface area contributed by atoms with E-state index >= 15 is 0 Å². The molecule has 0 bridgehead atoms. The van der Waals surface area contributed by atoms with Crippen LogP contribution in [0, 0.1) is 0 Å². The van der Waals surface area contributed by atoms with E-state index in [1.807, 2.05) is 0 Å². The number of thiophene rings is 1. The average Bonchev–Trinajstić information content (AvgIpc) is 2.98. The molecule has 2 aliphatic heterocycles. The lowest BCUT2D eigenvalue weighted by Gasteiger charge is -2.43. The van der Waals surface area contributed by atoms with Crippen LogP contribution in [0.3, 0.4) is 0 Å². The van der Waals surface area contributed by atoms with Crippen molar-refractivity contribution >= 4 is 11.3 Å². The van der Waals surface area contributed by atoms with Gasteiger partial charge in [-0.25, -0.2) is 14.6 Å². The van der Waals surface area contributed by atoms with Crippen molar-refractivity contribution in [2.24, 2.45) is 11.6 Å². The van der Waals surface area contributed by atoms with Gasteiger partial charge in [0.1, 0.15) is 5.60 Å². The molecule has 2 unspecified atom stereocenters. The summed E-state index contributed by atoms with van der Waals surface area (Å²) >= 11 is 1.67. The number of rotatable bonds is 3. The summed E-state index contributed by atoms with van der Waals surface area (Å²) in [5.74, 6) is 3.19. The first kappa shape index (κ1) is 18.2. The van der Waals surface area contributed by atoms with Crippen LogP contribution < -0.4 is 16.9 Å². The van der Waals surface area contributed by atoms with Crippen LogP contribution in [0.25, 0.3) is 0 Å². The minimum absolute atomic E-state index is 0.00832. The highest BCUT2D eigenvalue weighted by atomic mass is 32.1. The van der Waals surface area contributed by atoms with E-state index in [-0.39, 0.29) is 30.4 Å². The van der Waals surface area contributed by atoms with Crippen LogP contribution >= 0.6 is 11.3 Å². The number of alkyl halides is 2. The van der Waals surface area contributed by atoms with Gasteiger partial charge in [-0.15, -0.1) is 11.3 Å². The van der Waals surface area contributed by atoms with Gasteiger partial charge in [0.25, 0.3) is 0 Å². The van der Waals surface area contributed by atoms with Gasteiger partial charge in [-0.1, -0.05) is 0 Å². The highest BCUT2D eigenvalue weighted by molar-refractivity contribution is 7.12. The number of halogens is 2. The van der Waals surface area contributed by atoms with Gasteiger partial charge in [0.2, 0.25) is 5.92 Å². The molecule has 0 radical (unpaired) electrons. The normalized spacial score (nSPS) is 31.5. The van der Waals surface area contributed by atoms with Gasteiger partial charge in [0.05, 0.1) is 12.6 Å². The summed E-state index contributed by atoms with van der Waals surface area (Å²) in [4.78, 5) is 2.31. The minimum Gasteiger partial charge on any atom is -0.400 e. The summed E-state index contributed by atoms with van der Waals surface area (Å²) in [6.45, 7) is 1.46. The van der Waals surface area contributed by atoms with E-state index in [1.165, 1.54) is 15.4 Å². The topological polar surface area (TPSA) is 76.5 Å². The Labute approximate surface area is 156 Å². The van der Waals surface area contributed by atoms with Crippen molar-refractivity contribution in [3.63, 3.8) is 0 Å². The summed E-state index contributed by atoms with van der Waals surface area (Å²) < 4.78 is 32.9.